The predicted octanol–water partition coefficient (Wildman–Crippen LogP) is 2.52. The van der Waals surface area contributed by atoms with E-state index < -0.39 is 0 Å². The van der Waals surface area contributed by atoms with Crippen molar-refractivity contribution in [3.05, 3.63) is 29.8 Å². The zero-order valence-corrected chi connectivity index (χ0v) is 13.3. The van der Waals surface area contributed by atoms with Gasteiger partial charge in [-0.15, -0.1) is 24.8 Å². The van der Waals surface area contributed by atoms with E-state index in [0.717, 1.165) is 19.1 Å². The molecule has 0 radical (unpaired) electrons. The van der Waals surface area contributed by atoms with Crippen LogP contribution >= 0.6 is 24.8 Å². The first-order valence-electron chi connectivity index (χ1n) is 6.41. The van der Waals surface area contributed by atoms with Crippen molar-refractivity contribution in [3.8, 4) is 0 Å². The second kappa shape index (κ2) is 8.64. The summed E-state index contributed by atoms with van der Waals surface area (Å²) in [6.45, 7) is 2.94. The average Bonchev–Trinajstić information content (AvgIpc) is 2.39. The minimum absolute atomic E-state index is 0. The fourth-order valence-corrected chi connectivity index (χ4v) is 2.48. The molecule has 0 spiro atoms. The zero-order valence-electron chi connectivity index (χ0n) is 11.7. The largest absolute Gasteiger partial charge is 0.371 e. The number of anilines is 1. The van der Waals surface area contributed by atoms with Gasteiger partial charge in [0.2, 0.25) is 0 Å². The van der Waals surface area contributed by atoms with Gasteiger partial charge in [0, 0.05) is 31.4 Å². The van der Waals surface area contributed by atoms with E-state index >= 15 is 0 Å². The van der Waals surface area contributed by atoms with E-state index in [1.165, 1.54) is 24.1 Å². The minimum Gasteiger partial charge on any atom is -0.371 e. The molecular formula is C14H25Cl2N3. The van der Waals surface area contributed by atoms with Crippen molar-refractivity contribution >= 4 is 30.5 Å². The zero-order chi connectivity index (χ0) is 12.3. The number of nitrogens with zero attached hydrogens (tertiary/aromatic N) is 2. The summed E-state index contributed by atoms with van der Waals surface area (Å²) in [5.41, 5.74) is 8.15. The Morgan fingerprint density at radius 1 is 1.11 bits per heavy atom. The van der Waals surface area contributed by atoms with Crippen LogP contribution in [0.5, 0.6) is 0 Å². The molecule has 1 saturated heterocycles. The molecule has 0 unspecified atom stereocenters. The lowest BCUT2D eigenvalue weighted by atomic mass is 10.0. The van der Waals surface area contributed by atoms with Crippen LogP contribution in [0.1, 0.15) is 18.4 Å². The molecule has 1 fully saturated rings. The molecule has 2 N–H and O–H groups in total. The SMILES string of the molecule is CN(C)C1CCN(c2ccc(CN)cc2)CC1.Cl.Cl. The average molecular weight is 306 g/mol. The van der Waals surface area contributed by atoms with E-state index in [9.17, 15) is 0 Å². The highest BCUT2D eigenvalue weighted by atomic mass is 35.5. The normalized spacial score (nSPS) is 15.9. The van der Waals surface area contributed by atoms with E-state index in [2.05, 4.69) is 48.2 Å². The molecule has 2 rings (SSSR count). The third-order valence-electron chi connectivity index (χ3n) is 3.73. The summed E-state index contributed by atoms with van der Waals surface area (Å²) in [6.07, 6.45) is 2.51. The summed E-state index contributed by atoms with van der Waals surface area (Å²) in [4.78, 5) is 4.81. The van der Waals surface area contributed by atoms with Gasteiger partial charge in [0.25, 0.3) is 0 Å². The molecule has 3 nitrogen and oxygen atoms in total. The standard InChI is InChI=1S/C14H23N3.2ClH/c1-16(2)13-7-9-17(10-8-13)14-5-3-12(11-15)4-6-14;;/h3-6,13H,7-11,15H2,1-2H3;2*1H. The monoisotopic (exact) mass is 305 g/mol. The molecule has 19 heavy (non-hydrogen) atoms. The van der Waals surface area contributed by atoms with E-state index in [0.29, 0.717) is 6.54 Å². The highest BCUT2D eigenvalue weighted by molar-refractivity contribution is 5.85. The van der Waals surface area contributed by atoms with Crippen molar-refractivity contribution in [1.29, 1.82) is 0 Å². The first-order valence-corrected chi connectivity index (χ1v) is 6.41. The Bertz CT molecular complexity index is 346. The first kappa shape index (κ1) is 18.5. The topological polar surface area (TPSA) is 32.5 Å². The molecule has 1 aliphatic heterocycles. The van der Waals surface area contributed by atoms with Crippen molar-refractivity contribution in [3.63, 3.8) is 0 Å². The summed E-state index contributed by atoms with van der Waals surface area (Å²) >= 11 is 0. The molecule has 0 aliphatic carbocycles. The van der Waals surface area contributed by atoms with Gasteiger partial charge in [0.1, 0.15) is 0 Å². The fraction of sp³-hybridized carbons (Fsp3) is 0.571. The van der Waals surface area contributed by atoms with Crippen molar-refractivity contribution in [1.82, 2.24) is 4.90 Å². The van der Waals surface area contributed by atoms with Crippen molar-refractivity contribution in [2.45, 2.75) is 25.4 Å². The molecule has 0 amide bonds. The maximum atomic E-state index is 5.61. The van der Waals surface area contributed by atoms with Gasteiger partial charge < -0.3 is 15.5 Å². The molecule has 1 aromatic carbocycles. The summed E-state index contributed by atoms with van der Waals surface area (Å²) < 4.78 is 0. The lowest BCUT2D eigenvalue weighted by molar-refractivity contribution is 0.249. The van der Waals surface area contributed by atoms with Gasteiger partial charge in [-0.25, -0.2) is 0 Å². The Morgan fingerprint density at radius 3 is 2.05 bits per heavy atom. The highest BCUT2D eigenvalue weighted by Gasteiger charge is 2.20. The fourth-order valence-electron chi connectivity index (χ4n) is 2.48. The number of piperidine rings is 1. The van der Waals surface area contributed by atoms with E-state index in [4.69, 9.17) is 5.73 Å². The Morgan fingerprint density at radius 2 is 1.63 bits per heavy atom. The number of halogens is 2. The van der Waals surface area contributed by atoms with Crippen LogP contribution in [0.4, 0.5) is 5.69 Å². The number of hydrogen-bond acceptors (Lipinski definition) is 3. The van der Waals surface area contributed by atoms with Gasteiger partial charge in [-0.1, -0.05) is 12.1 Å². The van der Waals surface area contributed by atoms with E-state index in [1.807, 2.05) is 0 Å². The number of nitrogens with two attached hydrogens (primary N) is 1. The molecule has 1 aromatic rings. The minimum atomic E-state index is 0. The third-order valence-corrected chi connectivity index (χ3v) is 3.73. The highest BCUT2D eigenvalue weighted by Crippen LogP contribution is 2.21. The second-order valence-corrected chi connectivity index (χ2v) is 5.05. The van der Waals surface area contributed by atoms with Crippen LogP contribution in [0.15, 0.2) is 24.3 Å². The van der Waals surface area contributed by atoms with Crippen molar-refractivity contribution in [2.24, 2.45) is 5.73 Å². The lowest BCUT2D eigenvalue weighted by Crippen LogP contribution is -2.41. The molecule has 5 heteroatoms. The summed E-state index contributed by atoms with van der Waals surface area (Å²) in [5.74, 6) is 0. The van der Waals surface area contributed by atoms with Gasteiger partial charge in [-0.2, -0.15) is 0 Å². The predicted molar refractivity (Wildman–Crippen MR) is 87.8 cm³/mol. The molecule has 0 atom stereocenters. The molecule has 0 bridgehead atoms. The summed E-state index contributed by atoms with van der Waals surface area (Å²) in [6, 6.07) is 9.39. The Hall–Kier alpha value is -0.480. The van der Waals surface area contributed by atoms with Gasteiger partial charge >= 0.3 is 0 Å². The Labute approximate surface area is 129 Å². The quantitative estimate of drug-likeness (QED) is 0.931. The van der Waals surface area contributed by atoms with Crippen LogP contribution in [0.2, 0.25) is 0 Å². The van der Waals surface area contributed by atoms with Crippen LogP contribution in [-0.4, -0.2) is 38.1 Å². The van der Waals surface area contributed by atoms with Crippen molar-refractivity contribution in [2.75, 3.05) is 32.1 Å². The molecule has 0 aromatic heterocycles. The summed E-state index contributed by atoms with van der Waals surface area (Å²) in [7, 11) is 4.35. The third kappa shape index (κ3) is 4.84. The maximum absolute atomic E-state index is 5.61. The Balaban J connectivity index is 0.00000162. The van der Waals surface area contributed by atoms with Crippen LogP contribution < -0.4 is 10.6 Å². The second-order valence-electron chi connectivity index (χ2n) is 5.05. The van der Waals surface area contributed by atoms with Gasteiger partial charge in [-0.3, -0.25) is 0 Å². The van der Waals surface area contributed by atoms with Crippen LogP contribution in [0.25, 0.3) is 0 Å². The van der Waals surface area contributed by atoms with Crippen LogP contribution in [0, 0.1) is 0 Å². The maximum Gasteiger partial charge on any atom is 0.0366 e. The summed E-state index contributed by atoms with van der Waals surface area (Å²) in [5, 5.41) is 0. The number of rotatable bonds is 3. The van der Waals surface area contributed by atoms with Crippen molar-refractivity contribution < 1.29 is 0 Å². The first-order chi connectivity index (χ1) is 8.20. The van der Waals surface area contributed by atoms with E-state index in [1.54, 1.807) is 0 Å². The molecule has 110 valence electrons. The molecule has 1 heterocycles. The van der Waals surface area contributed by atoms with Crippen LogP contribution in [0.3, 0.4) is 0 Å². The van der Waals surface area contributed by atoms with Gasteiger partial charge in [0.15, 0.2) is 0 Å². The molecule has 1 aliphatic rings. The molecule has 0 saturated carbocycles. The van der Waals surface area contributed by atoms with Gasteiger partial charge in [0.05, 0.1) is 0 Å². The molecular weight excluding hydrogens is 281 g/mol. The van der Waals surface area contributed by atoms with E-state index in [-0.39, 0.29) is 24.8 Å². The number of hydrogen-bond donors (Lipinski definition) is 1. The Kier molecular flexibility index (Phi) is 8.42. The number of benzene rings is 1. The van der Waals surface area contributed by atoms with Crippen LogP contribution in [-0.2, 0) is 6.54 Å². The van der Waals surface area contributed by atoms with Gasteiger partial charge in [-0.05, 0) is 44.6 Å². The smallest absolute Gasteiger partial charge is 0.0366 e. The lowest BCUT2D eigenvalue weighted by Gasteiger charge is -2.36.